The second kappa shape index (κ2) is 7.52. The number of aliphatic carboxylic acids is 1. The van der Waals surface area contributed by atoms with Crippen molar-refractivity contribution in [3.8, 4) is 0 Å². The number of nitrogens with zero attached hydrogens (tertiary/aromatic N) is 5. The van der Waals surface area contributed by atoms with Crippen molar-refractivity contribution in [3.05, 3.63) is 47.2 Å². The van der Waals surface area contributed by atoms with Gasteiger partial charge in [0.25, 0.3) is 0 Å². The third-order valence-electron chi connectivity index (χ3n) is 5.30. The minimum Gasteiger partial charge on any atom is -0.480 e. The molecule has 0 saturated carbocycles. The van der Waals surface area contributed by atoms with E-state index in [0.717, 1.165) is 63.1 Å². The van der Waals surface area contributed by atoms with E-state index in [0.29, 0.717) is 0 Å². The number of benzene rings is 1. The Kier molecular flexibility index (Phi) is 4.94. The topological polar surface area (TPSA) is 72.8 Å². The molecule has 1 saturated heterocycles. The van der Waals surface area contributed by atoms with Crippen LogP contribution in [0.15, 0.2) is 30.3 Å². The molecular formula is C20H25N5O2. The van der Waals surface area contributed by atoms with Crippen molar-refractivity contribution < 1.29 is 9.90 Å². The summed E-state index contributed by atoms with van der Waals surface area (Å²) in [5, 5.41) is 8.95. The molecule has 7 nitrogen and oxygen atoms in total. The Morgan fingerprint density at radius 3 is 2.52 bits per heavy atom. The Balaban J connectivity index is 1.49. The van der Waals surface area contributed by atoms with Crippen LogP contribution in [0.1, 0.15) is 16.8 Å². The number of carboxylic acid groups (broad SMARTS) is 1. The first kappa shape index (κ1) is 17.7. The highest BCUT2D eigenvalue weighted by atomic mass is 16.4. The van der Waals surface area contributed by atoms with Crippen molar-refractivity contribution in [3.63, 3.8) is 0 Å². The summed E-state index contributed by atoms with van der Waals surface area (Å²) in [6.45, 7) is 6.92. The molecular weight excluding hydrogens is 342 g/mol. The molecule has 0 amide bonds. The fraction of sp³-hybridized carbons (Fsp3) is 0.450. The lowest BCUT2D eigenvalue weighted by Crippen LogP contribution is -2.48. The van der Waals surface area contributed by atoms with Gasteiger partial charge in [-0.05, 0) is 24.5 Å². The zero-order chi connectivity index (χ0) is 18.8. The van der Waals surface area contributed by atoms with E-state index >= 15 is 0 Å². The highest BCUT2D eigenvalue weighted by Gasteiger charge is 2.23. The van der Waals surface area contributed by atoms with E-state index in [9.17, 15) is 4.79 Å². The summed E-state index contributed by atoms with van der Waals surface area (Å²) in [6, 6.07) is 10.6. The third kappa shape index (κ3) is 4.03. The lowest BCUT2D eigenvalue weighted by molar-refractivity contribution is -0.138. The second-order valence-electron chi connectivity index (χ2n) is 7.26. The van der Waals surface area contributed by atoms with E-state index in [4.69, 9.17) is 10.1 Å². The van der Waals surface area contributed by atoms with Crippen LogP contribution in [0.3, 0.4) is 0 Å². The first-order valence-corrected chi connectivity index (χ1v) is 9.45. The van der Waals surface area contributed by atoms with Gasteiger partial charge in [-0.15, -0.1) is 0 Å². The summed E-state index contributed by atoms with van der Waals surface area (Å²) >= 11 is 0. The predicted molar refractivity (Wildman–Crippen MR) is 104 cm³/mol. The smallest absolute Gasteiger partial charge is 0.317 e. The largest absolute Gasteiger partial charge is 0.480 e. The summed E-state index contributed by atoms with van der Waals surface area (Å²) in [6.07, 6.45) is 1.01. The average Bonchev–Trinajstić information content (AvgIpc) is 2.67. The van der Waals surface area contributed by atoms with Crippen LogP contribution in [-0.2, 0) is 17.8 Å². The molecule has 2 aliphatic heterocycles. The highest BCUT2D eigenvalue weighted by molar-refractivity contribution is 5.69. The molecule has 1 N–H and O–H groups in total. The Labute approximate surface area is 159 Å². The predicted octanol–water partition coefficient (Wildman–Crippen LogP) is 1.55. The molecule has 2 aromatic rings. The van der Waals surface area contributed by atoms with Crippen molar-refractivity contribution in [2.75, 3.05) is 49.1 Å². The lowest BCUT2D eigenvalue weighted by Gasteiger charge is -2.35. The Bertz CT molecular complexity index is 833. The van der Waals surface area contributed by atoms with Gasteiger partial charge in [-0.1, -0.05) is 24.3 Å². The van der Waals surface area contributed by atoms with Crippen molar-refractivity contribution >= 4 is 17.7 Å². The molecule has 2 aliphatic rings. The van der Waals surface area contributed by atoms with E-state index in [1.807, 2.05) is 17.9 Å². The van der Waals surface area contributed by atoms with Crippen LogP contribution in [0.25, 0.3) is 0 Å². The van der Waals surface area contributed by atoms with E-state index in [2.05, 4.69) is 39.0 Å². The van der Waals surface area contributed by atoms with Crippen LogP contribution in [0.5, 0.6) is 0 Å². The number of hydrogen-bond donors (Lipinski definition) is 1. The fourth-order valence-corrected chi connectivity index (χ4v) is 3.83. The highest BCUT2D eigenvalue weighted by Crippen LogP contribution is 2.24. The summed E-state index contributed by atoms with van der Waals surface area (Å²) in [4.78, 5) is 26.9. The Morgan fingerprint density at radius 2 is 1.78 bits per heavy atom. The van der Waals surface area contributed by atoms with E-state index in [1.165, 1.54) is 11.1 Å². The van der Waals surface area contributed by atoms with Crippen LogP contribution in [-0.4, -0.2) is 65.2 Å². The van der Waals surface area contributed by atoms with Crippen LogP contribution in [0.2, 0.25) is 0 Å². The van der Waals surface area contributed by atoms with Gasteiger partial charge in [0.05, 0.1) is 6.54 Å². The van der Waals surface area contributed by atoms with Crippen LogP contribution in [0.4, 0.5) is 11.8 Å². The quantitative estimate of drug-likeness (QED) is 0.879. The van der Waals surface area contributed by atoms with Gasteiger partial charge in [-0.3, -0.25) is 9.69 Å². The summed E-state index contributed by atoms with van der Waals surface area (Å²) in [5.74, 6) is 0.952. The monoisotopic (exact) mass is 367 g/mol. The zero-order valence-corrected chi connectivity index (χ0v) is 15.6. The molecule has 3 heterocycles. The van der Waals surface area contributed by atoms with Gasteiger partial charge < -0.3 is 14.9 Å². The van der Waals surface area contributed by atoms with Crippen LogP contribution < -0.4 is 9.80 Å². The molecule has 142 valence electrons. The maximum absolute atomic E-state index is 10.9. The van der Waals surface area contributed by atoms with Gasteiger partial charge in [0, 0.05) is 51.0 Å². The second-order valence-corrected chi connectivity index (χ2v) is 7.26. The first-order valence-electron chi connectivity index (χ1n) is 9.45. The number of carboxylic acids is 1. The molecule has 0 unspecified atom stereocenters. The van der Waals surface area contributed by atoms with Gasteiger partial charge in [0.2, 0.25) is 5.95 Å². The average molecular weight is 367 g/mol. The van der Waals surface area contributed by atoms with E-state index < -0.39 is 5.97 Å². The number of aromatic nitrogens is 2. The van der Waals surface area contributed by atoms with Crippen LogP contribution in [0, 0.1) is 6.92 Å². The summed E-state index contributed by atoms with van der Waals surface area (Å²) in [5.41, 5.74) is 3.72. The fourth-order valence-electron chi connectivity index (χ4n) is 3.83. The maximum atomic E-state index is 10.9. The normalized spacial score (nSPS) is 17.7. The van der Waals surface area contributed by atoms with Crippen molar-refractivity contribution in [2.24, 2.45) is 0 Å². The van der Waals surface area contributed by atoms with Gasteiger partial charge in [0.15, 0.2) is 0 Å². The molecule has 0 atom stereocenters. The van der Waals surface area contributed by atoms with Crippen molar-refractivity contribution in [1.29, 1.82) is 0 Å². The zero-order valence-electron chi connectivity index (χ0n) is 15.6. The summed E-state index contributed by atoms with van der Waals surface area (Å²) < 4.78 is 0. The third-order valence-corrected chi connectivity index (χ3v) is 5.30. The standard InChI is InChI=1S/C20H25N5O2/c1-15-12-18(24-10-8-23(9-11-24)14-19(26)27)22-20(21-15)25-7-6-16-4-2-3-5-17(16)13-25/h2-5,12H,6-11,13-14H2,1H3,(H,26,27). The molecule has 27 heavy (non-hydrogen) atoms. The number of hydrogen-bond acceptors (Lipinski definition) is 6. The van der Waals surface area contributed by atoms with Gasteiger partial charge >= 0.3 is 5.97 Å². The molecule has 0 bridgehead atoms. The molecule has 0 radical (unpaired) electrons. The van der Waals surface area contributed by atoms with E-state index in [1.54, 1.807) is 0 Å². The molecule has 0 aliphatic carbocycles. The van der Waals surface area contributed by atoms with Crippen LogP contribution >= 0.6 is 0 Å². The van der Waals surface area contributed by atoms with E-state index in [-0.39, 0.29) is 6.54 Å². The Morgan fingerprint density at radius 1 is 1.04 bits per heavy atom. The molecule has 4 rings (SSSR count). The number of carbonyl (C=O) groups is 1. The number of piperazine rings is 1. The number of rotatable bonds is 4. The minimum absolute atomic E-state index is 0.106. The number of aryl methyl sites for hydroxylation is 1. The molecule has 1 aromatic heterocycles. The molecule has 1 fully saturated rings. The van der Waals surface area contributed by atoms with Gasteiger partial charge in [-0.25, -0.2) is 4.98 Å². The van der Waals surface area contributed by atoms with Crippen molar-refractivity contribution in [1.82, 2.24) is 14.9 Å². The summed E-state index contributed by atoms with van der Waals surface area (Å²) in [7, 11) is 0. The van der Waals surface area contributed by atoms with Gasteiger partial charge in [-0.2, -0.15) is 4.98 Å². The Hall–Kier alpha value is -2.67. The number of fused-ring (bicyclic) bond motifs is 1. The number of anilines is 2. The molecule has 1 aromatic carbocycles. The lowest BCUT2D eigenvalue weighted by atomic mass is 10.0. The first-order chi connectivity index (χ1) is 13.1. The van der Waals surface area contributed by atoms with Gasteiger partial charge in [0.1, 0.15) is 5.82 Å². The minimum atomic E-state index is -0.769. The molecule has 7 heteroatoms. The molecule has 0 spiro atoms. The van der Waals surface area contributed by atoms with Crippen molar-refractivity contribution in [2.45, 2.75) is 19.9 Å². The SMILES string of the molecule is Cc1cc(N2CCN(CC(=O)O)CC2)nc(N2CCc3ccccc3C2)n1. The maximum Gasteiger partial charge on any atom is 0.317 e.